The second-order valence-corrected chi connectivity index (χ2v) is 10.1. The van der Waals surface area contributed by atoms with Gasteiger partial charge in [-0.25, -0.2) is 9.38 Å². The van der Waals surface area contributed by atoms with Crippen LogP contribution < -0.4 is 10.6 Å². The fourth-order valence-electron chi connectivity index (χ4n) is 5.43. The quantitative estimate of drug-likeness (QED) is 0.412. The summed E-state index contributed by atoms with van der Waals surface area (Å²) in [5.41, 5.74) is 4.23. The largest absolute Gasteiger partial charge is 0.385 e. The average Bonchev–Trinajstić information content (AvgIpc) is 3.40. The Hall–Kier alpha value is -3.21. The Balaban J connectivity index is 1.49. The monoisotopic (exact) mass is 541 g/mol. The van der Waals surface area contributed by atoms with Crippen LogP contribution in [0.5, 0.6) is 0 Å². The van der Waals surface area contributed by atoms with Gasteiger partial charge in [-0.2, -0.15) is 0 Å². The first-order chi connectivity index (χ1) is 18.8. The lowest BCUT2D eigenvalue weighted by Crippen LogP contribution is -2.36. The Morgan fingerprint density at radius 2 is 1.97 bits per heavy atom. The smallest absolute Gasteiger partial charge is 0.255 e. The van der Waals surface area contributed by atoms with Crippen molar-refractivity contribution in [1.29, 1.82) is 0 Å². The molecule has 1 heterocycles. The highest BCUT2D eigenvalue weighted by Crippen LogP contribution is 2.42. The van der Waals surface area contributed by atoms with Crippen LogP contribution in [0.15, 0.2) is 46.0 Å². The maximum Gasteiger partial charge on any atom is 0.255 e. The molecule has 3 atom stereocenters. The molecule has 0 aromatic heterocycles. The van der Waals surface area contributed by atoms with Crippen molar-refractivity contribution in [2.24, 2.45) is 10.9 Å². The summed E-state index contributed by atoms with van der Waals surface area (Å²) in [7, 11) is 1.59. The van der Waals surface area contributed by atoms with Gasteiger partial charge in [0, 0.05) is 33.5 Å². The Labute approximate surface area is 227 Å². The second-order valence-electron chi connectivity index (χ2n) is 10.1. The van der Waals surface area contributed by atoms with E-state index in [9.17, 15) is 23.9 Å². The van der Waals surface area contributed by atoms with E-state index < -0.39 is 29.9 Å². The first kappa shape index (κ1) is 28.8. The summed E-state index contributed by atoms with van der Waals surface area (Å²) in [6.45, 7) is 2.70. The predicted molar refractivity (Wildman–Crippen MR) is 143 cm³/mol. The van der Waals surface area contributed by atoms with Crippen LogP contribution in [0.2, 0.25) is 0 Å². The number of nitrogens with one attached hydrogen (secondary N) is 2. The van der Waals surface area contributed by atoms with Crippen LogP contribution in [0.1, 0.15) is 54.9 Å². The third kappa shape index (κ3) is 7.06. The molecule has 1 fully saturated rings. The van der Waals surface area contributed by atoms with Crippen molar-refractivity contribution in [3.8, 4) is 0 Å². The summed E-state index contributed by atoms with van der Waals surface area (Å²) >= 11 is 0. The lowest BCUT2D eigenvalue weighted by Gasteiger charge is -2.30. The van der Waals surface area contributed by atoms with Crippen molar-refractivity contribution in [1.82, 2.24) is 10.6 Å². The Kier molecular flexibility index (Phi) is 9.77. The molecule has 4 rings (SSSR count). The molecule has 1 aliphatic heterocycles. The van der Waals surface area contributed by atoms with E-state index in [1.165, 1.54) is 19.1 Å². The predicted octanol–water partition coefficient (Wildman–Crippen LogP) is 2.42. The zero-order valence-corrected chi connectivity index (χ0v) is 22.4. The van der Waals surface area contributed by atoms with Crippen molar-refractivity contribution >= 4 is 23.4 Å². The summed E-state index contributed by atoms with van der Waals surface area (Å²) in [5, 5.41) is 15.5. The van der Waals surface area contributed by atoms with Gasteiger partial charge in [0.25, 0.3) is 11.8 Å². The number of aliphatic hydroxyl groups excluding tert-OH is 1. The van der Waals surface area contributed by atoms with Crippen LogP contribution in [-0.4, -0.2) is 74.2 Å². The van der Waals surface area contributed by atoms with E-state index >= 15 is 0 Å². The van der Waals surface area contributed by atoms with Gasteiger partial charge in [0.15, 0.2) is 0 Å². The zero-order chi connectivity index (χ0) is 27.9. The van der Waals surface area contributed by atoms with Gasteiger partial charge in [-0.3, -0.25) is 14.4 Å². The highest BCUT2D eigenvalue weighted by molar-refractivity contribution is 6.00. The van der Waals surface area contributed by atoms with Crippen LogP contribution in [0.25, 0.3) is 0 Å². The van der Waals surface area contributed by atoms with Crippen molar-refractivity contribution in [2.75, 3.05) is 33.4 Å². The number of ether oxygens (including phenoxy) is 2. The van der Waals surface area contributed by atoms with E-state index in [1.54, 1.807) is 13.2 Å². The minimum Gasteiger partial charge on any atom is -0.385 e. The van der Waals surface area contributed by atoms with Crippen molar-refractivity contribution < 1.29 is 33.4 Å². The number of halogens is 1. The van der Waals surface area contributed by atoms with Gasteiger partial charge in [-0.05, 0) is 66.5 Å². The van der Waals surface area contributed by atoms with Crippen LogP contribution in [0.4, 0.5) is 4.39 Å². The van der Waals surface area contributed by atoms with Crippen LogP contribution in [0.3, 0.4) is 0 Å². The maximum absolute atomic E-state index is 14.9. The van der Waals surface area contributed by atoms with E-state index in [2.05, 4.69) is 15.6 Å². The Bertz CT molecular complexity index is 1210. The number of hydrogen-bond donors (Lipinski definition) is 3. The molecule has 9 nitrogen and oxygen atoms in total. The maximum atomic E-state index is 14.9. The van der Waals surface area contributed by atoms with Gasteiger partial charge < -0.3 is 25.2 Å². The molecule has 3 aliphatic rings. The first-order valence-corrected chi connectivity index (χ1v) is 13.4. The third-order valence-corrected chi connectivity index (χ3v) is 7.34. The molecule has 0 saturated carbocycles. The number of rotatable bonds is 9. The van der Waals surface area contributed by atoms with Gasteiger partial charge in [-0.15, -0.1) is 0 Å². The molecule has 3 amide bonds. The van der Waals surface area contributed by atoms with E-state index in [1.807, 2.05) is 6.08 Å². The third-order valence-electron chi connectivity index (χ3n) is 7.34. The number of aliphatic imine (C=N–C) groups is 1. The first-order valence-electron chi connectivity index (χ1n) is 13.4. The number of carbonyl (C=O) groups is 3. The molecule has 1 aromatic rings. The van der Waals surface area contributed by atoms with Crippen LogP contribution in [-0.2, 0) is 25.5 Å². The average molecular weight is 542 g/mol. The molecule has 210 valence electrons. The molecule has 0 bridgehead atoms. The summed E-state index contributed by atoms with van der Waals surface area (Å²) in [5.74, 6) is -2.28. The highest BCUT2D eigenvalue weighted by Gasteiger charge is 2.38. The van der Waals surface area contributed by atoms with Gasteiger partial charge in [0.05, 0.1) is 36.5 Å². The number of carbonyl (C=O) groups excluding carboxylic acids is 3. The zero-order valence-electron chi connectivity index (χ0n) is 22.4. The molecular weight excluding hydrogens is 505 g/mol. The Morgan fingerprint density at radius 1 is 1.18 bits per heavy atom. The number of aliphatic hydroxyl groups is 1. The highest BCUT2D eigenvalue weighted by atomic mass is 19.1. The molecule has 1 saturated heterocycles. The van der Waals surface area contributed by atoms with E-state index in [0.29, 0.717) is 50.2 Å². The van der Waals surface area contributed by atoms with Gasteiger partial charge >= 0.3 is 0 Å². The molecular formula is C29H36FN3O6. The van der Waals surface area contributed by atoms with E-state index in [0.717, 1.165) is 36.0 Å². The molecule has 2 unspecified atom stereocenters. The molecule has 39 heavy (non-hydrogen) atoms. The topological polar surface area (TPSA) is 126 Å². The lowest BCUT2D eigenvalue weighted by atomic mass is 9.81. The summed E-state index contributed by atoms with van der Waals surface area (Å²) in [6, 6.07) is 4.56. The minimum atomic E-state index is -0.895. The van der Waals surface area contributed by atoms with Crippen LogP contribution >= 0.6 is 0 Å². The number of benzene rings is 1. The second kappa shape index (κ2) is 13.2. The standard InChI is InChI=1S/C29H36FN3O6/c1-17(34)31-10-4-11-32-28(36)22-8-7-18(14-24(22)30)13-19-15-23(27(38-2)21-6-3-5-20(19)21)29(37)33-25-9-12-39-16-26(25)35/h7-8,14-15,23,26-27,35H,3-6,9-13,16H2,1-2H3,(H,31,34)(H,32,36)/b33-25-/t23?,26-,27?/m0/s1. The number of methoxy groups -OCH3 is 1. The molecule has 2 aliphatic carbocycles. The van der Waals surface area contributed by atoms with Crippen LogP contribution in [0, 0.1) is 11.7 Å². The van der Waals surface area contributed by atoms with Gasteiger partial charge in [0.1, 0.15) is 11.9 Å². The molecule has 0 radical (unpaired) electrons. The summed E-state index contributed by atoms with van der Waals surface area (Å²) < 4.78 is 26.0. The fraction of sp³-hybridized carbons (Fsp3) is 0.517. The lowest BCUT2D eigenvalue weighted by molar-refractivity contribution is -0.123. The Morgan fingerprint density at radius 3 is 2.69 bits per heavy atom. The number of nitrogens with zero attached hydrogens (tertiary/aromatic N) is 1. The van der Waals surface area contributed by atoms with Gasteiger partial charge in [0.2, 0.25) is 5.91 Å². The normalized spacial score (nSPS) is 23.8. The molecule has 10 heteroatoms. The fourth-order valence-corrected chi connectivity index (χ4v) is 5.43. The molecule has 0 spiro atoms. The number of allylic oxidation sites excluding steroid dienone is 2. The summed E-state index contributed by atoms with van der Waals surface area (Å²) in [4.78, 5) is 40.9. The molecule has 1 aromatic carbocycles. The SMILES string of the molecule is COC1C2=C(CCC2)C(Cc2ccc(C(=O)NCCCNC(C)=O)c(F)c2)=CC1C(=O)/N=C1/CCOC[C@@H]1O. The van der Waals surface area contributed by atoms with E-state index in [-0.39, 0.29) is 24.0 Å². The number of amides is 3. The van der Waals surface area contributed by atoms with Gasteiger partial charge in [-0.1, -0.05) is 12.1 Å². The van der Waals surface area contributed by atoms with E-state index in [4.69, 9.17) is 9.47 Å². The molecule has 3 N–H and O–H groups in total. The van der Waals surface area contributed by atoms with Crippen molar-refractivity contribution in [3.63, 3.8) is 0 Å². The summed E-state index contributed by atoms with van der Waals surface area (Å²) in [6.07, 6.45) is 4.52. The van der Waals surface area contributed by atoms with Crippen molar-refractivity contribution in [2.45, 2.75) is 57.7 Å². The minimum absolute atomic E-state index is 0.0463. The van der Waals surface area contributed by atoms with Crippen molar-refractivity contribution in [3.05, 3.63) is 57.9 Å². The number of hydrogen-bond acceptors (Lipinski definition) is 6.